The Morgan fingerprint density at radius 3 is 2.91 bits per heavy atom. The minimum absolute atomic E-state index is 0.197. The molecule has 11 heavy (non-hydrogen) atoms. The maximum Gasteiger partial charge on any atom is 0.328 e. The Morgan fingerprint density at radius 1 is 1.73 bits per heavy atom. The van der Waals surface area contributed by atoms with Crippen LogP contribution in [0.4, 0.5) is 0 Å². The first-order chi connectivity index (χ1) is 5.20. The van der Waals surface area contributed by atoms with Crippen LogP contribution in [-0.2, 0) is 4.79 Å². The summed E-state index contributed by atoms with van der Waals surface area (Å²) in [5.41, 5.74) is 0.564. The van der Waals surface area contributed by atoms with Gasteiger partial charge < -0.3 is 9.52 Å². The topological polar surface area (TPSA) is 50.4 Å². The van der Waals surface area contributed by atoms with Crippen LogP contribution in [0.5, 0.6) is 0 Å². The average molecular weight is 173 g/mol. The Labute approximate surface area is 67.9 Å². The van der Waals surface area contributed by atoms with E-state index in [0.29, 0.717) is 5.56 Å². The summed E-state index contributed by atoms with van der Waals surface area (Å²) in [6.45, 7) is 0. The van der Waals surface area contributed by atoms with Crippen molar-refractivity contribution in [1.29, 1.82) is 0 Å². The number of hydrogen-bond donors (Lipinski definition) is 1. The van der Waals surface area contributed by atoms with Crippen molar-refractivity contribution in [2.45, 2.75) is 0 Å². The fourth-order valence-electron chi connectivity index (χ4n) is 0.583. The number of hydrogen-bond acceptors (Lipinski definition) is 2. The smallest absolute Gasteiger partial charge is 0.328 e. The molecule has 0 fully saturated rings. The zero-order valence-corrected chi connectivity index (χ0v) is 6.21. The molecule has 0 saturated carbocycles. The Bertz CT molecular complexity index is 288. The van der Waals surface area contributed by atoms with Crippen LogP contribution in [0.15, 0.2) is 22.8 Å². The van der Waals surface area contributed by atoms with Gasteiger partial charge >= 0.3 is 5.97 Å². The number of furan rings is 1. The molecule has 3 nitrogen and oxygen atoms in total. The fraction of sp³-hybridized carbons (Fsp3) is 0. The van der Waals surface area contributed by atoms with Crippen LogP contribution >= 0.6 is 11.6 Å². The fourth-order valence-corrected chi connectivity index (χ4v) is 0.760. The van der Waals surface area contributed by atoms with Crippen LogP contribution in [0.3, 0.4) is 0 Å². The van der Waals surface area contributed by atoms with Gasteiger partial charge in [-0.3, -0.25) is 0 Å². The second-order valence-electron chi connectivity index (χ2n) is 1.82. The van der Waals surface area contributed by atoms with Crippen LogP contribution in [0.25, 0.3) is 6.08 Å². The van der Waals surface area contributed by atoms with Gasteiger partial charge in [0.05, 0.1) is 6.26 Å². The zero-order valence-electron chi connectivity index (χ0n) is 5.45. The lowest BCUT2D eigenvalue weighted by Crippen LogP contribution is -1.84. The minimum Gasteiger partial charge on any atom is -0.478 e. The number of halogens is 1. The summed E-state index contributed by atoms with van der Waals surface area (Å²) in [4.78, 5) is 10.0. The van der Waals surface area contributed by atoms with Crippen LogP contribution in [0, 0.1) is 0 Å². The first-order valence-corrected chi connectivity index (χ1v) is 3.22. The molecule has 0 aliphatic rings. The van der Waals surface area contributed by atoms with E-state index in [1.165, 1.54) is 12.3 Å². The highest BCUT2D eigenvalue weighted by Gasteiger charge is 1.98. The maximum absolute atomic E-state index is 10.0. The van der Waals surface area contributed by atoms with Crippen LogP contribution in [0.1, 0.15) is 5.56 Å². The molecule has 1 aromatic heterocycles. The van der Waals surface area contributed by atoms with Crippen molar-refractivity contribution in [3.8, 4) is 0 Å². The van der Waals surface area contributed by atoms with Gasteiger partial charge in [0.2, 0.25) is 0 Å². The van der Waals surface area contributed by atoms with Crippen molar-refractivity contribution in [3.63, 3.8) is 0 Å². The van der Waals surface area contributed by atoms with Crippen LogP contribution < -0.4 is 0 Å². The molecule has 0 unspecified atom stereocenters. The summed E-state index contributed by atoms with van der Waals surface area (Å²) < 4.78 is 4.72. The third-order valence-electron chi connectivity index (χ3n) is 1.05. The van der Waals surface area contributed by atoms with E-state index in [-0.39, 0.29) is 5.22 Å². The lowest BCUT2D eigenvalue weighted by atomic mass is 10.3. The van der Waals surface area contributed by atoms with Gasteiger partial charge in [0, 0.05) is 11.6 Å². The van der Waals surface area contributed by atoms with Gasteiger partial charge in [-0.15, -0.1) is 0 Å². The molecular formula is C7H5ClO3. The SMILES string of the molecule is O=C(O)/C=C/c1ccoc1Cl. The number of carbonyl (C=O) groups is 1. The lowest BCUT2D eigenvalue weighted by Gasteiger charge is -1.82. The van der Waals surface area contributed by atoms with E-state index >= 15 is 0 Å². The molecule has 1 aromatic rings. The molecule has 4 heteroatoms. The molecular weight excluding hydrogens is 168 g/mol. The van der Waals surface area contributed by atoms with E-state index in [0.717, 1.165) is 6.08 Å². The molecule has 0 aliphatic carbocycles. The first-order valence-electron chi connectivity index (χ1n) is 2.84. The summed E-state index contributed by atoms with van der Waals surface area (Å²) >= 11 is 5.51. The highest BCUT2D eigenvalue weighted by atomic mass is 35.5. The van der Waals surface area contributed by atoms with Crippen molar-refractivity contribution in [2.24, 2.45) is 0 Å². The van der Waals surface area contributed by atoms with Gasteiger partial charge in [0.15, 0.2) is 5.22 Å². The predicted octanol–water partition coefficient (Wildman–Crippen LogP) is 2.03. The summed E-state index contributed by atoms with van der Waals surface area (Å²) in [7, 11) is 0. The number of rotatable bonds is 2. The monoisotopic (exact) mass is 172 g/mol. The molecule has 1 N–H and O–H groups in total. The molecule has 1 rings (SSSR count). The Kier molecular flexibility index (Phi) is 2.33. The molecule has 0 bridgehead atoms. The van der Waals surface area contributed by atoms with E-state index in [4.69, 9.17) is 21.1 Å². The highest BCUT2D eigenvalue weighted by Crippen LogP contribution is 2.17. The molecule has 0 amide bonds. The molecule has 58 valence electrons. The van der Waals surface area contributed by atoms with Crippen molar-refractivity contribution in [1.82, 2.24) is 0 Å². The first kappa shape index (κ1) is 7.88. The van der Waals surface area contributed by atoms with Gasteiger partial charge in [0.1, 0.15) is 0 Å². The lowest BCUT2D eigenvalue weighted by molar-refractivity contribution is -0.131. The molecule has 1 heterocycles. The average Bonchev–Trinajstić information content (AvgIpc) is 2.31. The third-order valence-corrected chi connectivity index (χ3v) is 1.36. The molecule has 0 radical (unpaired) electrons. The van der Waals surface area contributed by atoms with Gasteiger partial charge in [-0.05, 0) is 23.7 Å². The van der Waals surface area contributed by atoms with E-state index in [1.54, 1.807) is 6.07 Å². The van der Waals surface area contributed by atoms with Gasteiger partial charge in [-0.1, -0.05) is 0 Å². The second-order valence-corrected chi connectivity index (χ2v) is 2.16. The highest BCUT2D eigenvalue weighted by molar-refractivity contribution is 6.30. The van der Waals surface area contributed by atoms with Crippen LogP contribution in [0.2, 0.25) is 5.22 Å². The van der Waals surface area contributed by atoms with Gasteiger partial charge in [-0.2, -0.15) is 0 Å². The normalized spacial score (nSPS) is 10.6. The summed E-state index contributed by atoms with van der Waals surface area (Å²) in [6, 6.07) is 1.59. The summed E-state index contributed by atoms with van der Waals surface area (Å²) in [6.07, 6.45) is 3.76. The Balaban J connectivity index is 2.79. The Hall–Kier alpha value is -1.22. The van der Waals surface area contributed by atoms with Crippen molar-refractivity contribution in [2.75, 3.05) is 0 Å². The van der Waals surface area contributed by atoms with E-state index in [2.05, 4.69) is 0 Å². The van der Waals surface area contributed by atoms with Gasteiger partial charge in [-0.25, -0.2) is 4.79 Å². The van der Waals surface area contributed by atoms with E-state index in [9.17, 15) is 4.79 Å². The van der Waals surface area contributed by atoms with E-state index in [1.807, 2.05) is 0 Å². The quantitative estimate of drug-likeness (QED) is 0.695. The molecule has 0 atom stereocenters. The number of carboxylic acids is 1. The second kappa shape index (κ2) is 3.25. The number of carboxylic acid groups (broad SMARTS) is 1. The summed E-state index contributed by atoms with van der Waals surface area (Å²) in [5.74, 6) is -1.01. The summed E-state index contributed by atoms with van der Waals surface area (Å²) in [5, 5.41) is 8.44. The zero-order chi connectivity index (χ0) is 8.27. The van der Waals surface area contributed by atoms with Crippen LogP contribution in [-0.4, -0.2) is 11.1 Å². The van der Waals surface area contributed by atoms with E-state index < -0.39 is 5.97 Å². The van der Waals surface area contributed by atoms with Crippen molar-refractivity contribution < 1.29 is 14.3 Å². The molecule has 0 spiro atoms. The minimum atomic E-state index is -1.01. The predicted molar refractivity (Wildman–Crippen MR) is 40.4 cm³/mol. The van der Waals surface area contributed by atoms with Crippen molar-refractivity contribution in [3.05, 3.63) is 29.2 Å². The largest absolute Gasteiger partial charge is 0.478 e. The van der Waals surface area contributed by atoms with Gasteiger partial charge in [0.25, 0.3) is 0 Å². The molecule has 0 saturated heterocycles. The maximum atomic E-state index is 10.0. The molecule has 0 aromatic carbocycles. The standard InChI is InChI=1S/C7H5ClO3/c8-7-5(3-4-11-7)1-2-6(9)10/h1-4H,(H,9,10)/b2-1+. The number of aliphatic carboxylic acids is 1. The Morgan fingerprint density at radius 2 is 2.45 bits per heavy atom. The van der Waals surface area contributed by atoms with Crippen molar-refractivity contribution >= 4 is 23.6 Å². The molecule has 0 aliphatic heterocycles. The third kappa shape index (κ3) is 2.13.